The van der Waals surface area contributed by atoms with Crippen molar-refractivity contribution in [2.45, 2.75) is 77.3 Å². The fourth-order valence-corrected chi connectivity index (χ4v) is 3.91. The van der Waals surface area contributed by atoms with E-state index in [9.17, 15) is 0 Å². The molecule has 1 N–H and O–H groups in total. The van der Waals surface area contributed by atoms with Crippen molar-refractivity contribution in [3.8, 4) is 0 Å². The highest BCUT2D eigenvalue weighted by atomic mass is 15.1. The molecule has 0 spiro atoms. The van der Waals surface area contributed by atoms with E-state index in [1.165, 1.54) is 64.5 Å². The van der Waals surface area contributed by atoms with Gasteiger partial charge in [0.2, 0.25) is 0 Å². The van der Waals surface area contributed by atoms with Crippen molar-refractivity contribution in [1.29, 1.82) is 0 Å². The molecule has 0 amide bonds. The molecule has 0 aliphatic heterocycles. The Kier molecular flexibility index (Phi) is 6.15. The maximum atomic E-state index is 3.81. The first-order valence-electron chi connectivity index (χ1n) is 8.60. The number of rotatable bonds is 5. The van der Waals surface area contributed by atoms with Crippen LogP contribution in [0, 0.1) is 11.8 Å². The van der Waals surface area contributed by atoms with Gasteiger partial charge in [0.05, 0.1) is 0 Å². The minimum absolute atomic E-state index is 0.786. The van der Waals surface area contributed by atoms with Crippen LogP contribution in [0.3, 0.4) is 0 Å². The fourth-order valence-electron chi connectivity index (χ4n) is 3.91. The molecule has 2 aliphatic carbocycles. The summed E-state index contributed by atoms with van der Waals surface area (Å²) in [6.07, 6.45) is 11.4. The highest BCUT2D eigenvalue weighted by Gasteiger charge is 2.23. The van der Waals surface area contributed by atoms with Crippen molar-refractivity contribution in [3.05, 3.63) is 0 Å². The maximum absolute atomic E-state index is 3.81. The van der Waals surface area contributed by atoms with Gasteiger partial charge in [-0.05, 0) is 57.4 Å². The van der Waals surface area contributed by atoms with Crippen LogP contribution in [-0.2, 0) is 0 Å². The van der Waals surface area contributed by atoms with Gasteiger partial charge in [0, 0.05) is 25.2 Å². The van der Waals surface area contributed by atoms with E-state index in [1.807, 2.05) is 0 Å². The summed E-state index contributed by atoms with van der Waals surface area (Å²) >= 11 is 0. The molecule has 0 aromatic heterocycles. The standard InChI is InChI=1S/C17H34N2/c1-14-8-10-16(11-9-14)19(3)13-12-18-17-7-5-4-6-15(17)2/h14-18H,4-13H2,1-3H3. The lowest BCUT2D eigenvalue weighted by Crippen LogP contribution is -2.43. The molecule has 2 unspecified atom stereocenters. The van der Waals surface area contributed by atoms with E-state index in [0.29, 0.717) is 0 Å². The van der Waals surface area contributed by atoms with Gasteiger partial charge in [-0.2, -0.15) is 0 Å². The van der Waals surface area contributed by atoms with E-state index in [-0.39, 0.29) is 0 Å². The van der Waals surface area contributed by atoms with Crippen molar-refractivity contribution in [1.82, 2.24) is 10.2 Å². The summed E-state index contributed by atoms with van der Waals surface area (Å²) in [5.74, 6) is 1.85. The molecule has 0 saturated heterocycles. The summed E-state index contributed by atoms with van der Waals surface area (Å²) in [6.45, 7) is 7.23. The third-order valence-corrected chi connectivity index (χ3v) is 5.59. The van der Waals surface area contributed by atoms with Crippen molar-refractivity contribution in [3.63, 3.8) is 0 Å². The van der Waals surface area contributed by atoms with E-state index in [2.05, 4.69) is 31.1 Å². The summed E-state index contributed by atoms with van der Waals surface area (Å²) in [5, 5.41) is 3.81. The Morgan fingerprint density at radius 3 is 2.32 bits per heavy atom. The van der Waals surface area contributed by atoms with Crippen LogP contribution in [0.5, 0.6) is 0 Å². The first-order valence-corrected chi connectivity index (χ1v) is 8.60. The Morgan fingerprint density at radius 1 is 0.947 bits per heavy atom. The highest BCUT2D eigenvalue weighted by molar-refractivity contribution is 4.80. The zero-order chi connectivity index (χ0) is 13.7. The first kappa shape index (κ1) is 15.3. The molecule has 2 aliphatic rings. The van der Waals surface area contributed by atoms with E-state index < -0.39 is 0 Å². The number of hydrogen-bond acceptors (Lipinski definition) is 2. The van der Waals surface area contributed by atoms with Crippen LogP contribution < -0.4 is 5.32 Å². The van der Waals surface area contributed by atoms with Gasteiger partial charge >= 0.3 is 0 Å². The quantitative estimate of drug-likeness (QED) is 0.817. The smallest absolute Gasteiger partial charge is 0.0107 e. The lowest BCUT2D eigenvalue weighted by Gasteiger charge is -2.35. The van der Waals surface area contributed by atoms with Gasteiger partial charge in [-0.3, -0.25) is 0 Å². The molecule has 2 heteroatoms. The monoisotopic (exact) mass is 266 g/mol. The van der Waals surface area contributed by atoms with Crippen molar-refractivity contribution >= 4 is 0 Å². The second-order valence-corrected chi connectivity index (χ2v) is 7.22. The second-order valence-electron chi connectivity index (χ2n) is 7.22. The number of nitrogens with zero attached hydrogens (tertiary/aromatic N) is 1. The molecule has 0 heterocycles. The molecule has 2 nitrogen and oxygen atoms in total. The molecule has 2 fully saturated rings. The molecule has 0 bridgehead atoms. The molecule has 2 rings (SSSR count). The van der Waals surface area contributed by atoms with Gasteiger partial charge < -0.3 is 10.2 Å². The Balaban J connectivity index is 1.62. The summed E-state index contributed by atoms with van der Waals surface area (Å²) in [6, 6.07) is 1.63. The fraction of sp³-hybridized carbons (Fsp3) is 1.00. The first-order chi connectivity index (χ1) is 9.16. The molecule has 0 aromatic rings. The largest absolute Gasteiger partial charge is 0.312 e. The SMILES string of the molecule is CC1CCC(N(C)CCNC2CCCCC2C)CC1. The van der Waals surface area contributed by atoms with Crippen LogP contribution in [0.2, 0.25) is 0 Å². The van der Waals surface area contributed by atoms with E-state index in [4.69, 9.17) is 0 Å². The topological polar surface area (TPSA) is 15.3 Å². The molecular formula is C17H34N2. The second kappa shape index (κ2) is 7.64. The molecular weight excluding hydrogens is 232 g/mol. The van der Waals surface area contributed by atoms with E-state index in [1.54, 1.807) is 0 Å². The molecule has 0 radical (unpaired) electrons. The summed E-state index contributed by atoms with van der Waals surface area (Å²) in [4.78, 5) is 2.60. The molecule has 0 aromatic carbocycles. The van der Waals surface area contributed by atoms with Crippen molar-refractivity contribution in [2.24, 2.45) is 11.8 Å². The van der Waals surface area contributed by atoms with Crippen LogP contribution in [0.4, 0.5) is 0 Å². The van der Waals surface area contributed by atoms with Gasteiger partial charge in [-0.15, -0.1) is 0 Å². The minimum atomic E-state index is 0.786. The van der Waals surface area contributed by atoms with E-state index >= 15 is 0 Å². The zero-order valence-corrected chi connectivity index (χ0v) is 13.3. The van der Waals surface area contributed by atoms with Gasteiger partial charge in [0.25, 0.3) is 0 Å². The van der Waals surface area contributed by atoms with E-state index in [0.717, 1.165) is 23.9 Å². The third kappa shape index (κ3) is 4.75. The van der Waals surface area contributed by atoms with Crippen LogP contribution >= 0.6 is 0 Å². The van der Waals surface area contributed by atoms with Crippen LogP contribution in [0.1, 0.15) is 65.2 Å². The van der Waals surface area contributed by atoms with Gasteiger partial charge in [0.1, 0.15) is 0 Å². The predicted octanol–water partition coefficient (Wildman–Crippen LogP) is 3.67. The lowest BCUT2D eigenvalue weighted by molar-refractivity contribution is 0.165. The Hall–Kier alpha value is -0.0800. The molecule has 2 atom stereocenters. The van der Waals surface area contributed by atoms with Gasteiger partial charge in [-0.1, -0.05) is 26.7 Å². The van der Waals surface area contributed by atoms with Crippen LogP contribution in [0.25, 0.3) is 0 Å². The highest BCUT2D eigenvalue weighted by Crippen LogP contribution is 2.26. The molecule has 2 saturated carbocycles. The summed E-state index contributed by atoms with van der Waals surface area (Å²) in [5.41, 5.74) is 0. The van der Waals surface area contributed by atoms with Gasteiger partial charge in [-0.25, -0.2) is 0 Å². The van der Waals surface area contributed by atoms with Gasteiger partial charge in [0.15, 0.2) is 0 Å². The van der Waals surface area contributed by atoms with Crippen LogP contribution in [0.15, 0.2) is 0 Å². The lowest BCUT2D eigenvalue weighted by atomic mass is 9.86. The summed E-state index contributed by atoms with van der Waals surface area (Å²) < 4.78 is 0. The maximum Gasteiger partial charge on any atom is 0.0107 e. The molecule has 19 heavy (non-hydrogen) atoms. The predicted molar refractivity (Wildman–Crippen MR) is 83.5 cm³/mol. The average molecular weight is 266 g/mol. The van der Waals surface area contributed by atoms with Crippen molar-refractivity contribution in [2.75, 3.05) is 20.1 Å². The molecule has 112 valence electrons. The summed E-state index contributed by atoms with van der Waals surface area (Å²) in [7, 11) is 2.33. The Labute approximate surface area is 120 Å². The normalized spacial score (nSPS) is 36.6. The average Bonchev–Trinajstić information content (AvgIpc) is 2.41. The third-order valence-electron chi connectivity index (χ3n) is 5.59. The van der Waals surface area contributed by atoms with Crippen LogP contribution in [-0.4, -0.2) is 37.1 Å². The Bertz CT molecular complexity index is 246. The minimum Gasteiger partial charge on any atom is -0.312 e. The zero-order valence-electron chi connectivity index (χ0n) is 13.3. The Morgan fingerprint density at radius 2 is 1.63 bits per heavy atom. The van der Waals surface area contributed by atoms with Crippen molar-refractivity contribution < 1.29 is 0 Å². The number of hydrogen-bond donors (Lipinski definition) is 1. The number of likely N-dealkylation sites (N-methyl/N-ethyl adjacent to an activating group) is 1. The number of nitrogens with one attached hydrogen (secondary N) is 1.